The number of amides is 2. The molecule has 172 valence electrons. The highest BCUT2D eigenvalue weighted by molar-refractivity contribution is 5.94. The van der Waals surface area contributed by atoms with Crippen LogP contribution in [0, 0.1) is 6.92 Å². The number of hydrogen-bond donors (Lipinski definition) is 1. The Bertz CT molecular complexity index is 1180. The van der Waals surface area contributed by atoms with Gasteiger partial charge in [0.2, 0.25) is 5.91 Å². The van der Waals surface area contributed by atoms with E-state index in [9.17, 15) is 9.59 Å². The second-order valence-electron chi connectivity index (χ2n) is 9.38. The van der Waals surface area contributed by atoms with Crippen LogP contribution in [0.3, 0.4) is 0 Å². The molecule has 2 atom stereocenters. The van der Waals surface area contributed by atoms with Gasteiger partial charge in [-0.2, -0.15) is 5.10 Å². The molecule has 1 fully saturated rings. The summed E-state index contributed by atoms with van der Waals surface area (Å²) >= 11 is 0. The summed E-state index contributed by atoms with van der Waals surface area (Å²) in [4.78, 5) is 33.3. The molecule has 0 unspecified atom stereocenters. The van der Waals surface area contributed by atoms with Gasteiger partial charge < -0.3 is 14.8 Å². The molecule has 4 heterocycles. The van der Waals surface area contributed by atoms with E-state index in [1.165, 1.54) is 0 Å². The fourth-order valence-electron chi connectivity index (χ4n) is 5.16. The molecular formula is C25H30N6O2. The topological polar surface area (TPSA) is 85.0 Å². The van der Waals surface area contributed by atoms with Crippen molar-refractivity contribution in [3.05, 3.63) is 59.7 Å². The van der Waals surface area contributed by atoms with E-state index in [1.54, 1.807) is 4.68 Å². The van der Waals surface area contributed by atoms with Crippen LogP contribution in [-0.4, -0.2) is 54.2 Å². The lowest BCUT2D eigenvalue weighted by molar-refractivity contribution is -0.134. The SMILES string of the molecule is Cc1ccn(CC(=O)N2[C@@H]3CC[C@H]2Cc2c(C(=O)NC(C)C)nc(-c4ccccc4)n2C3)n1. The van der Waals surface area contributed by atoms with E-state index in [0.29, 0.717) is 18.7 Å². The van der Waals surface area contributed by atoms with Crippen molar-refractivity contribution in [2.75, 3.05) is 0 Å². The van der Waals surface area contributed by atoms with Crippen molar-refractivity contribution in [1.82, 2.24) is 29.5 Å². The van der Waals surface area contributed by atoms with Gasteiger partial charge in [0.1, 0.15) is 18.1 Å². The van der Waals surface area contributed by atoms with Crippen molar-refractivity contribution >= 4 is 11.8 Å². The number of carbonyl (C=O) groups is 2. The molecule has 2 bridgehead atoms. The maximum atomic E-state index is 13.3. The number of aromatic nitrogens is 4. The molecule has 1 saturated heterocycles. The average molecular weight is 447 g/mol. The third-order valence-electron chi connectivity index (χ3n) is 6.54. The summed E-state index contributed by atoms with van der Waals surface area (Å²) in [7, 11) is 0. The number of nitrogens with one attached hydrogen (secondary N) is 1. The predicted octanol–water partition coefficient (Wildman–Crippen LogP) is 2.81. The monoisotopic (exact) mass is 446 g/mol. The normalized spacial score (nSPS) is 19.5. The van der Waals surface area contributed by atoms with Gasteiger partial charge in [-0.1, -0.05) is 30.3 Å². The average Bonchev–Trinajstić information content (AvgIpc) is 3.43. The van der Waals surface area contributed by atoms with Crippen molar-refractivity contribution in [3.8, 4) is 11.4 Å². The molecule has 0 aliphatic carbocycles. The molecule has 0 spiro atoms. The highest BCUT2D eigenvalue weighted by Crippen LogP contribution is 2.35. The second-order valence-corrected chi connectivity index (χ2v) is 9.38. The molecule has 8 heteroatoms. The molecule has 1 N–H and O–H groups in total. The Balaban J connectivity index is 1.51. The van der Waals surface area contributed by atoms with E-state index >= 15 is 0 Å². The van der Waals surface area contributed by atoms with E-state index in [4.69, 9.17) is 4.98 Å². The second kappa shape index (κ2) is 8.50. The minimum atomic E-state index is -0.154. The molecule has 2 aliphatic heterocycles. The summed E-state index contributed by atoms with van der Waals surface area (Å²) < 4.78 is 3.88. The lowest BCUT2D eigenvalue weighted by atomic mass is 10.0. The summed E-state index contributed by atoms with van der Waals surface area (Å²) in [6.45, 7) is 6.70. The highest BCUT2D eigenvalue weighted by Gasteiger charge is 2.42. The molecule has 2 aliphatic rings. The van der Waals surface area contributed by atoms with Crippen LogP contribution in [0.4, 0.5) is 0 Å². The summed E-state index contributed by atoms with van der Waals surface area (Å²) in [6.07, 6.45) is 4.36. The third-order valence-corrected chi connectivity index (χ3v) is 6.54. The van der Waals surface area contributed by atoms with Gasteiger partial charge in [-0.05, 0) is 39.7 Å². The van der Waals surface area contributed by atoms with Crippen LogP contribution in [0.2, 0.25) is 0 Å². The van der Waals surface area contributed by atoms with E-state index in [1.807, 2.05) is 68.3 Å². The van der Waals surface area contributed by atoms with Crippen LogP contribution >= 0.6 is 0 Å². The Morgan fingerprint density at radius 1 is 1.12 bits per heavy atom. The first-order valence-corrected chi connectivity index (χ1v) is 11.7. The van der Waals surface area contributed by atoms with Gasteiger partial charge in [0.25, 0.3) is 5.91 Å². The van der Waals surface area contributed by atoms with Crippen molar-refractivity contribution in [1.29, 1.82) is 0 Å². The van der Waals surface area contributed by atoms with Crippen LogP contribution in [0.5, 0.6) is 0 Å². The van der Waals surface area contributed by atoms with Crippen molar-refractivity contribution in [2.45, 2.75) is 71.2 Å². The quantitative estimate of drug-likeness (QED) is 0.653. The van der Waals surface area contributed by atoms with Crippen molar-refractivity contribution < 1.29 is 9.59 Å². The van der Waals surface area contributed by atoms with Crippen LogP contribution in [0.15, 0.2) is 42.6 Å². The van der Waals surface area contributed by atoms with E-state index < -0.39 is 0 Å². The number of benzene rings is 1. The molecule has 3 aromatic rings. The number of aryl methyl sites for hydroxylation is 1. The minimum Gasteiger partial charge on any atom is -0.348 e. The number of nitrogens with zero attached hydrogens (tertiary/aromatic N) is 5. The molecule has 5 rings (SSSR count). The smallest absolute Gasteiger partial charge is 0.271 e. The van der Waals surface area contributed by atoms with Gasteiger partial charge in [0.05, 0.1) is 17.4 Å². The first-order chi connectivity index (χ1) is 15.9. The number of hydrogen-bond acceptors (Lipinski definition) is 4. The Morgan fingerprint density at radius 3 is 2.58 bits per heavy atom. The van der Waals surface area contributed by atoms with Gasteiger partial charge >= 0.3 is 0 Å². The Hall–Kier alpha value is -3.42. The van der Waals surface area contributed by atoms with Crippen LogP contribution in [0.25, 0.3) is 11.4 Å². The minimum absolute atomic E-state index is 0.0212. The molecule has 2 amide bonds. The third kappa shape index (κ3) is 4.05. The lowest BCUT2D eigenvalue weighted by Gasteiger charge is -2.28. The summed E-state index contributed by atoms with van der Waals surface area (Å²) in [5.41, 5.74) is 3.28. The van der Waals surface area contributed by atoms with Crippen molar-refractivity contribution in [3.63, 3.8) is 0 Å². The van der Waals surface area contributed by atoms with Crippen LogP contribution < -0.4 is 5.32 Å². The molecule has 0 saturated carbocycles. The molecule has 8 nitrogen and oxygen atoms in total. The molecule has 33 heavy (non-hydrogen) atoms. The van der Waals surface area contributed by atoms with Gasteiger partial charge in [0.15, 0.2) is 0 Å². The summed E-state index contributed by atoms with van der Waals surface area (Å²) in [6, 6.07) is 12.1. The van der Waals surface area contributed by atoms with Crippen LogP contribution in [-0.2, 0) is 24.3 Å². The fraction of sp³-hybridized carbons (Fsp3) is 0.440. The van der Waals surface area contributed by atoms with E-state index in [2.05, 4.69) is 15.0 Å². The molecular weight excluding hydrogens is 416 g/mol. The molecule has 2 aromatic heterocycles. The maximum absolute atomic E-state index is 13.3. The zero-order valence-electron chi connectivity index (χ0n) is 19.4. The van der Waals surface area contributed by atoms with Gasteiger partial charge in [-0.25, -0.2) is 4.98 Å². The fourth-order valence-corrected chi connectivity index (χ4v) is 5.16. The Morgan fingerprint density at radius 2 is 1.88 bits per heavy atom. The standard InChI is InChI=1S/C25H30N6O2/c1-16(2)26-25(33)23-21-13-19-9-10-20(31(19)22(32)15-29-12-11-17(3)28-29)14-30(21)24(27-23)18-7-5-4-6-8-18/h4-8,11-12,16,19-20H,9-10,13-15H2,1-3H3,(H,26,33)/t19-,20+/m0/s1. The first kappa shape index (κ1) is 21.4. The highest BCUT2D eigenvalue weighted by atomic mass is 16.2. The number of imidazole rings is 1. The van der Waals surface area contributed by atoms with Crippen molar-refractivity contribution in [2.24, 2.45) is 0 Å². The number of fused-ring (bicyclic) bond motifs is 3. The van der Waals surface area contributed by atoms with Gasteiger partial charge in [0, 0.05) is 36.8 Å². The van der Waals surface area contributed by atoms with Crippen LogP contribution in [0.1, 0.15) is 48.6 Å². The lowest BCUT2D eigenvalue weighted by Crippen LogP contribution is -2.43. The Kier molecular flexibility index (Phi) is 5.52. The summed E-state index contributed by atoms with van der Waals surface area (Å²) in [5.74, 6) is 0.722. The zero-order chi connectivity index (χ0) is 23.1. The van der Waals surface area contributed by atoms with Gasteiger partial charge in [-0.3, -0.25) is 14.3 Å². The number of rotatable bonds is 5. The van der Waals surface area contributed by atoms with Gasteiger partial charge in [-0.15, -0.1) is 0 Å². The molecule has 1 aromatic carbocycles. The largest absolute Gasteiger partial charge is 0.348 e. The first-order valence-electron chi connectivity index (χ1n) is 11.7. The number of carbonyl (C=O) groups excluding carboxylic acids is 2. The van der Waals surface area contributed by atoms with E-state index in [0.717, 1.165) is 35.6 Å². The Labute approximate surface area is 193 Å². The predicted molar refractivity (Wildman–Crippen MR) is 125 cm³/mol. The summed E-state index contributed by atoms with van der Waals surface area (Å²) in [5, 5.41) is 7.39. The zero-order valence-corrected chi connectivity index (χ0v) is 19.4. The maximum Gasteiger partial charge on any atom is 0.271 e. The molecule has 0 radical (unpaired) electrons. The van der Waals surface area contributed by atoms with E-state index in [-0.39, 0.29) is 36.5 Å².